The van der Waals surface area contributed by atoms with E-state index in [2.05, 4.69) is 29.5 Å². The number of benzene rings is 3. The highest BCUT2D eigenvalue weighted by molar-refractivity contribution is 6.02. The van der Waals surface area contributed by atoms with Gasteiger partial charge >= 0.3 is 0 Å². The molecule has 0 saturated carbocycles. The summed E-state index contributed by atoms with van der Waals surface area (Å²) in [6, 6.07) is 18.6. The number of para-hydroxylation sites is 1. The number of carbonyl (C=O) groups is 2. The summed E-state index contributed by atoms with van der Waals surface area (Å²) in [4.78, 5) is 29.7. The molecule has 4 aromatic rings. The summed E-state index contributed by atoms with van der Waals surface area (Å²) in [5, 5.41) is 11.4. The number of fused-ring (bicyclic) bond motifs is 1. The fourth-order valence-corrected chi connectivity index (χ4v) is 4.45. The Bertz CT molecular complexity index is 1470. The highest BCUT2D eigenvalue weighted by Gasteiger charge is 2.35. The maximum absolute atomic E-state index is 14.3. The smallest absolute Gasteiger partial charge is 0.249 e. The topological polar surface area (TPSA) is 108 Å². The summed E-state index contributed by atoms with van der Waals surface area (Å²) in [5.41, 5.74) is 2.32. The Balaban J connectivity index is 1.86. The third kappa shape index (κ3) is 6.33. The lowest BCUT2D eigenvalue weighted by Crippen LogP contribution is -2.45. The molecule has 0 fully saturated rings. The van der Waals surface area contributed by atoms with Crippen LogP contribution >= 0.6 is 0 Å². The molecule has 1 heterocycles. The molecule has 1 N–H and O–H groups in total. The normalized spacial score (nSPS) is 11.8. The van der Waals surface area contributed by atoms with Gasteiger partial charge in [-0.05, 0) is 54.3 Å². The monoisotopic (exact) mass is 545 g/mol. The van der Waals surface area contributed by atoms with Gasteiger partial charge in [-0.3, -0.25) is 14.5 Å². The number of anilines is 1. The molecule has 2 amide bonds. The quantitative estimate of drug-likeness (QED) is 0.281. The number of carbonyl (C=O) groups excluding carboxylic acids is 2. The Morgan fingerprint density at radius 1 is 0.925 bits per heavy atom. The zero-order valence-electron chi connectivity index (χ0n) is 23.5. The number of ether oxygens (including phenoxy) is 3. The Labute approximate surface area is 233 Å². The zero-order chi connectivity index (χ0) is 28.6. The fraction of sp³-hybridized carbons (Fsp3) is 0.333. The van der Waals surface area contributed by atoms with Gasteiger partial charge in [0.15, 0.2) is 0 Å². The minimum atomic E-state index is -1.05. The summed E-state index contributed by atoms with van der Waals surface area (Å²) < 4.78 is 18.1. The maximum Gasteiger partial charge on any atom is 0.249 e. The standard InChI is InChI=1S/C30H35N5O5/c1-20(2)15-16-31-30(37)29(21-9-8-10-22(17-21)38-3)35(26-18-23(39-4)13-14-27(26)40-5)28(36)19-34-25-12-7-6-11-24(25)32-33-34/h6-14,17-18,20,29H,15-16,19H2,1-5H3,(H,31,37). The Hall–Kier alpha value is -4.60. The summed E-state index contributed by atoms with van der Waals surface area (Å²) in [6.07, 6.45) is 0.790. The van der Waals surface area contributed by atoms with Crippen LogP contribution in [-0.4, -0.2) is 54.7 Å². The number of aromatic nitrogens is 3. The lowest BCUT2D eigenvalue weighted by atomic mass is 10.0. The van der Waals surface area contributed by atoms with Crippen molar-refractivity contribution in [1.29, 1.82) is 0 Å². The minimum absolute atomic E-state index is 0.166. The van der Waals surface area contributed by atoms with Crippen LogP contribution in [0.15, 0.2) is 66.7 Å². The first kappa shape index (κ1) is 28.4. The molecule has 210 valence electrons. The third-order valence-electron chi connectivity index (χ3n) is 6.56. The van der Waals surface area contributed by atoms with Gasteiger partial charge in [0.25, 0.3) is 0 Å². The minimum Gasteiger partial charge on any atom is -0.497 e. The van der Waals surface area contributed by atoms with Crippen molar-refractivity contribution in [1.82, 2.24) is 20.3 Å². The fourth-order valence-electron chi connectivity index (χ4n) is 4.45. The highest BCUT2D eigenvalue weighted by Crippen LogP contribution is 2.38. The molecule has 0 aliphatic heterocycles. The second kappa shape index (κ2) is 13.0. The van der Waals surface area contributed by atoms with E-state index >= 15 is 0 Å². The van der Waals surface area contributed by atoms with Crippen LogP contribution in [0.5, 0.6) is 17.2 Å². The van der Waals surface area contributed by atoms with Gasteiger partial charge in [0.05, 0.1) is 32.5 Å². The average Bonchev–Trinajstić information content (AvgIpc) is 3.37. The molecule has 0 aliphatic rings. The molecular weight excluding hydrogens is 510 g/mol. The van der Waals surface area contributed by atoms with Gasteiger partial charge in [0, 0.05) is 12.6 Å². The first-order valence-electron chi connectivity index (χ1n) is 13.1. The molecule has 0 spiro atoms. The van der Waals surface area contributed by atoms with E-state index in [1.165, 1.54) is 23.8 Å². The van der Waals surface area contributed by atoms with E-state index in [4.69, 9.17) is 14.2 Å². The van der Waals surface area contributed by atoms with E-state index in [-0.39, 0.29) is 12.5 Å². The summed E-state index contributed by atoms with van der Waals surface area (Å²) in [6.45, 7) is 4.47. The molecule has 10 nitrogen and oxygen atoms in total. The molecule has 1 atom stereocenters. The van der Waals surface area contributed by atoms with Crippen molar-refractivity contribution < 1.29 is 23.8 Å². The van der Waals surface area contributed by atoms with E-state index in [1.807, 2.05) is 24.3 Å². The number of hydrogen-bond acceptors (Lipinski definition) is 7. The maximum atomic E-state index is 14.3. The van der Waals surface area contributed by atoms with E-state index in [0.717, 1.165) is 6.42 Å². The molecular formula is C30H35N5O5. The van der Waals surface area contributed by atoms with Gasteiger partial charge in [0.2, 0.25) is 11.8 Å². The third-order valence-corrected chi connectivity index (χ3v) is 6.56. The average molecular weight is 546 g/mol. The molecule has 0 bridgehead atoms. The van der Waals surface area contributed by atoms with Gasteiger partial charge in [-0.1, -0.05) is 43.3 Å². The van der Waals surface area contributed by atoms with Gasteiger partial charge in [0.1, 0.15) is 35.4 Å². The predicted molar refractivity (Wildman–Crippen MR) is 153 cm³/mol. The van der Waals surface area contributed by atoms with E-state index in [1.54, 1.807) is 49.6 Å². The zero-order valence-corrected chi connectivity index (χ0v) is 23.5. The van der Waals surface area contributed by atoms with Crippen LogP contribution in [0.2, 0.25) is 0 Å². The van der Waals surface area contributed by atoms with Crippen molar-refractivity contribution in [3.63, 3.8) is 0 Å². The molecule has 10 heteroatoms. The van der Waals surface area contributed by atoms with Crippen molar-refractivity contribution in [3.05, 3.63) is 72.3 Å². The SMILES string of the molecule is COc1cccc(C(C(=O)NCCC(C)C)N(C(=O)Cn2nnc3ccccc32)c2cc(OC)ccc2OC)c1. The highest BCUT2D eigenvalue weighted by atomic mass is 16.5. The van der Waals surface area contributed by atoms with E-state index in [0.29, 0.717) is 52.0 Å². The van der Waals surface area contributed by atoms with Crippen LogP contribution in [0.3, 0.4) is 0 Å². The molecule has 0 radical (unpaired) electrons. The Morgan fingerprint density at radius 2 is 1.68 bits per heavy atom. The summed E-state index contributed by atoms with van der Waals surface area (Å²) in [7, 11) is 4.61. The van der Waals surface area contributed by atoms with Crippen molar-refractivity contribution in [2.45, 2.75) is 32.9 Å². The van der Waals surface area contributed by atoms with E-state index in [9.17, 15) is 9.59 Å². The van der Waals surface area contributed by atoms with Crippen LogP contribution in [0, 0.1) is 5.92 Å². The van der Waals surface area contributed by atoms with Crippen molar-refractivity contribution in [2.75, 3.05) is 32.8 Å². The molecule has 0 saturated heterocycles. The second-order valence-corrected chi connectivity index (χ2v) is 9.69. The van der Waals surface area contributed by atoms with Gasteiger partial charge in [-0.2, -0.15) is 0 Å². The number of rotatable bonds is 12. The molecule has 1 unspecified atom stereocenters. The first-order valence-corrected chi connectivity index (χ1v) is 13.1. The lowest BCUT2D eigenvalue weighted by Gasteiger charge is -2.33. The first-order chi connectivity index (χ1) is 19.4. The Morgan fingerprint density at radius 3 is 2.40 bits per heavy atom. The molecule has 3 aromatic carbocycles. The second-order valence-electron chi connectivity index (χ2n) is 9.69. The van der Waals surface area contributed by atoms with Crippen LogP contribution in [0.1, 0.15) is 31.9 Å². The largest absolute Gasteiger partial charge is 0.497 e. The van der Waals surface area contributed by atoms with Crippen LogP contribution in [0.25, 0.3) is 11.0 Å². The van der Waals surface area contributed by atoms with E-state index < -0.39 is 11.9 Å². The molecule has 0 aliphatic carbocycles. The van der Waals surface area contributed by atoms with Crippen molar-refractivity contribution in [2.24, 2.45) is 5.92 Å². The number of nitrogens with zero attached hydrogens (tertiary/aromatic N) is 4. The van der Waals surface area contributed by atoms with Crippen molar-refractivity contribution >= 4 is 28.5 Å². The van der Waals surface area contributed by atoms with Gasteiger partial charge < -0.3 is 19.5 Å². The lowest BCUT2D eigenvalue weighted by molar-refractivity contribution is -0.127. The molecule has 4 rings (SSSR count). The number of nitrogens with one attached hydrogen (secondary N) is 1. The molecule has 40 heavy (non-hydrogen) atoms. The number of hydrogen-bond donors (Lipinski definition) is 1. The summed E-state index contributed by atoms with van der Waals surface area (Å²) >= 11 is 0. The van der Waals surface area contributed by atoms with Crippen LogP contribution in [0.4, 0.5) is 5.69 Å². The van der Waals surface area contributed by atoms with Crippen molar-refractivity contribution in [3.8, 4) is 17.2 Å². The summed E-state index contributed by atoms with van der Waals surface area (Å²) in [5.74, 6) is 1.13. The van der Waals surface area contributed by atoms with Crippen LogP contribution < -0.4 is 24.4 Å². The van der Waals surface area contributed by atoms with Gasteiger partial charge in [-0.25, -0.2) is 4.68 Å². The molecule has 1 aromatic heterocycles. The predicted octanol–water partition coefficient (Wildman–Crippen LogP) is 4.39. The number of methoxy groups -OCH3 is 3. The Kier molecular flexibility index (Phi) is 9.21. The van der Waals surface area contributed by atoms with Gasteiger partial charge in [-0.15, -0.1) is 5.10 Å². The number of amides is 2. The van der Waals surface area contributed by atoms with Crippen LogP contribution in [-0.2, 0) is 16.1 Å².